The fourth-order valence-corrected chi connectivity index (χ4v) is 5.28. The first-order chi connectivity index (χ1) is 15.2. The molecule has 1 atom stereocenters. The van der Waals surface area contributed by atoms with Crippen molar-refractivity contribution in [2.45, 2.75) is 18.9 Å². The van der Waals surface area contributed by atoms with E-state index in [-0.39, 0.29) is 23.8 Å². The van der Waals surface area contributed by atoms with Crippen LogP contribution in [0.1, 0.15) is 29.3 Å². The second-order valence-electron chi connectivity index (χ2n) is 7.54. The molecule has 0 radical (unpaired) electrons. The molecule has 4 heterocycles. The number of rotatable bonds is 5. The predicted octanol–water partition coefficient (Wildman–Crippen LogP) is 3.73. The van der Waals surface area contributed by atoms with Gasteiger partial charge in [0.2, 0.25) is 16.7 Å². The summed E-state index contributed by atoms with van der Waals surface area (Å²) in [5.74, 6) is 0.844. The van der Waals surface area contributed by atoms with E-state index in [2.05, 4.69) is 27.1 Å². The van der Waals surface area contributed by atoms with Gasteiger partial charge in [0.05, 0.1) is 30.2 Å². The fourth-order valence-electron chi connectivity index (χ4n) is 4.16. The lowest BCUT2D eigenvalue weighted by atomic mass is 9.94. The number of hydrogen-bond donors (Lipinski definition) is 1. The van der Waals surface area contributed by atoms with Gasteiger partial charge in [-0.2, -0.15) is 9.50 Å². The van der Waals surface area contributed by atoms with Gasteiger partial charge in [-0.05, 0) is 43.6 Å². The Labute approximate surface area is 182 Å². The van der Waals surface area contributed by atoms with Crippen molar-refractivity contribution in [3.05, 3.63) is 59.2 Å². The van der Waals surface area contributed by atoms with Crippen LogP contribution in [0.2, 0.25) is 0 Å². The highest BCUT2D eigenvalue weighted by Gasteiger charge is 2.34. The Morgan fingerprint density at radius 3 is 2.65 bits per heavy atom. The Morgan fingerprint density at radius 2 is 2.00 bits per heavy atom. The van der Waals surface area contributed by atoms with Gasteiger partial charge in [-0.1, -0.05) is 41.7 Å². The maximum Gasteiger partial charge on any atom is 0.308 e. The minimum absolute atomic E-state index is 0.0780. The second kappa shape index (κ2) is 8.16. The molecule has 0 aliphatic carbocycles. The summed E-state index contributed by atoms with van der Waals surface area (Å²) < 4.78 is 11.8. The quantitative estimate of drug-likeness (QED) is 0.475. The van der Waals surface area contributed by atoms with Crippen molar-refractivity contribution in [2.75, 3.05) is 20.2 Å². The van der Waals surface area contributed by atoms with E-state index < -0.39 is 0 Å². The predicted molar refractivity (Wildman–Crippen MR) is 115 cm³/mol. The minimum Gasteiger partial charge on any atom is -0.492 e. The summed E-state index contributed by atoms with van der Waals surface area (Å²) in [6, 6.07) is 13.5. The molecule has 0 unspecified atom stereocenters. The Balaban J connectivity index is 1.50. The molecule has 9 heteroatoms. The number of thiazole rings is 1. The maximum absolute atomic E-state index is 11.9. The number of ether oxygens (including phenoxy) is 1. The SMILES string of the molecule is COC(=O)C1CCN([C@@H](c2ccccc2)c2sc3nc(-c4ccco4)nn3c2O)CC1. The molecule has 8 nitrogen and oxygen atoms in total. The molecule has 0 saturated carbocycles. The van der Waals surface area contributed by atoms with Crippen molar-refractivity contribution in [3.8, 4) is 17.5 Å². The number of likely N-dealkylation sites (tertiary alicyclic amines) is 1. The second-order valence-corrected chi connectivity index (χ2v) is 8.55. The van der Waals surface area contributed by atoms with E-state index in [0.29, 0.717) is 16.5 Å². The number of aromatic hydroxyl groups is 1. The van der Waals surface area contributed by atoms with Crippen molar-refractivity contribution in [1.82, 2.24) is 19.5 Å². The Morgan fingerprint density at radius 1 is 1.23 bits per heavy atom. The molecule has 1 saturated heterocycles. The van der Waals surface area contributed by atoms with Gasteiger partial charge >= 0.3 is 5.97 Å². The van der Waals surface area contributed by atoms with Gasteiger partial charge in [0.25, 0.3) is 0 Å². The molecule has 4 aromatic rings. The number of aromatic nitrogens is 3. The van der Waals surface area contributed by atoms with E-state index in [0.717, 1.165) is 36.4 Å². The molecule has 31 heavy (non-hydrogen) atoms. The number of esters is 1. The number of methoxy groups -OCH3 is 1. The van der Waals surface area contributed by atoms with Gasteiger partial charge in [0, 0.05) is 0 Å². The number of piperidine rings is 1. The molecule has 0 bridgehead atoms. The Hall–Kier alpha value is -3.17. The largest absolute Gasteiger partial charge is 0.492 e. The van der Waals surface area contributed by atoms with Crippen LogP contribution in [0.15, 0.2) is 53.1 Å². The van der Waals surface area contributed by atoms with Crippen LogP contribution in [0, 0.1) is 5.92 Å². The normalized spacial score (nSPS) is 16.5. The van der Waals surface area contributed by atoms with Crippen LogP contribution in [-0.2, 0) is 9.53 Å². The number of carbonyl (C=O) groups is 1. The summed E-state index contributed by atoms with van der Waals surface area (Å²) in [5, 5.41) is 15.5. The molecule has 3 aromatic heterocycles. The van der Waals surface area contributed by atoms with Crippen LogP contribution in [0.5, 0.6) is 5.88 Å². The van der Waals surface area contributed by atoms with E-state index in [1.807, 2.05) is 18.2 Å². The fraction of sp³-hybridized carbons (Fsp3) is 0.318. The molecule has 0 spiro atoms. The first-order valence-electron chi connectivity index (χ1n) is 10.1. The summed E-state index contributed by atoms with van der Waals surface area (Å²) in [6.45, 7) is 1.45. The molecule has 5 rings (SSSR count). The smallest absolute Gasteiger partial charge is 0.308 e. The zero-order valence-electron chi connectivity index (χ0n) is 17.0. The number of nitrogens with zero attached hydrogens (tertiary/aromatic N) is 4. The molecule has 160 valence electrons. The lowest BCUT2D eigenvalue weighted by Gasteiger charge is -2.36. The number of hydrogen-bond acceptors (Lipinski definition) is 8. The molecule has 1 fully saturated rings. The van der Waals surface area contributed by atoms with Gasteiger partial charge in [-0.3, -0.25) is 9.69 Å². The summed E-state index contributed by atoms with van der Waals surface area (Å²) in [4.78, 5) is 20.2. The Kier molecular flexibility index (Phi) is 5.21. The van der Waals surface area contributed by atoms with Gasteiger partial charge in [-0.15, -0.1) is 5.10 Å². The van der Waals surface area contributed by atoms with Gasteiger partial charge in [0.15, 0.2) is 5.76 Å². The van der Waals surface area contributed by atoms with Crippen LogP contribution in [0.25, 0.3) is 16.5 Å². The monoisotopic (exact) mass is 438 g/mol. The maximum atomic E-state index is 11.9. The van der Waals surface area contributed by atoms with Crippen molar-refractivity contribution in [1.29, 1.82) is 0 Å². The summed E-state index contributed by atoms with van der Waals surface area (Å²) in [6.07, 6.45) is 3.01. The molecular weight excluding hydrogens is 416 g/mol. The number of furan rings is 1. The van der Waals surface area contributed by atoms with Crippen molar-refractivity contribution >= 4 is 22.3 Å². The van der Waals surface area contributed by atoms with Gasteiger partial charge < -0.3 is 14.3 Å². The number of benzene rings is 1. The molecule has 1 aliphatic heterocycles. The third-order valence-corrected chi connectivity index (χ3v) is 6.81. The summed E-state index contributed by atoms with van der Waals surface area (Å²) in [5.41, 5.74) is 1.07. The average Bonchev–Trinajstić information content (AvgIpc) is 3.54. The van der Waals surface area contributed by atoms with Gasteiger partial charge in [-0.25, -0.2) is 0 Å². The van der Waals surface area contributed by atoms with Crippen molar-refractivity contribution < 1.29 is 19.1 Å². The summed E-state index contributed by atoms with van der Waals surface area (Å²) >= 11 is 1.41. The lowest BCUT2D eigenvalue weighted by molar-refractivity contribution is -0.147. The number of fused-ring (bicyclic) bond motifs is 1. The molecule has 1 N–H and O–H groups in total. The van der Waals surface area contributed by atoms with Gasteiger partial charge in [0.1, 0.15) is 0 Å². The van der Waals surface area contributed by atoms with Crippen LogP contribution in [0.4, 0.5) is 0 Å². The summed E-state index contributed by atoms with van der Waals surface area (Å²) in [7, 11) is 1.44. The third kappa shape index (κ3) is 3.60. The zero-order valence-corrected chi connectivity index (χ0v) is 17.8. The molecule has 1 aromatic carbocycles. The highest BCUT2D eigenvalue weighted by molar-refractivity contribution is 7.17. The van der Waals surface area contributed by atoms with Crippen molar-refractivity contribution in [2.24, 2.45) is 5.92 Å². The highest BCUT2D eigenvalue weighted by atomic mass is 32.1. The Bertz CT molecular complexity index is 1180. The van der Waals surface area contributed by atoms with E-state index in [1.165, 1.54) is 23.0 Å². The number of carbonyl (C=O) groups excluding carboxylic acids is 1. The first kappa shape index (κ1) is 19.8. The average molecular weight is 439 g/mol. The van der Waals surface area contributed by atoms with Crippen LogP contribution in [-0.4, -0.2) is 50.8 Å². The van der Waals surface area contributed by atoms with Crippen LogP contribution < -0.4 is 0 Å². The highest BCUT2D eigenvalue weighted by Crippen LogP contribution is 2.41. The van der Waals surface area contributed by atoms with Crippen LogP contribution >= 0.6 is 11.3 Å². The standard InChI is InChI=1S/C22H22N4O4S/c1-29-21(28)15-9-11-25(12-10-15)17(14-6-3-2-4-7-14)18-20(27)26-22(31-18)23-19(24-26)16-8-5-13-30-16/h2-8,13,15,17,27H,9-12H2,1H3/t17-/m0/s1. The molecule has 0 amide bonds. The van der Waals surface area contributed by atoms with E-state index in [1.54, 1.807) is 18.4 Å². The van der Waals surface area contributed by atoms with E-state index >= 15 is 0 Å². The topological polar surface area (TPSA) is 93.1 Å². The van der Waals surface area contributed by atoms with Crippen molar-refractivity contribution in [3.63, 3.8) is 0 Å². The molecule has 1 aliphatic rings. The minimum atomic E-state index is -0.152. The lowest BCUT2D eigenvalue weighted by Crippen LogP contribution is -2.39. The zero-order chi connectivity index (χ0) is 21.4. The van der Waals surface area contributed by atoms with Crippen LogP contribution in [0.3, 0.4) is 0 Å². The first-order valence-corrected chi connectivity index (χ1v) is 11.0. The van der Waals surface area contributed by atoms with E-state index in [4.69, 9.17) is 9.15 Å². The van der Waals surface area contributed by atoms with E-state index in [9.17, 15) is 9.90 Å². The third-order valence-electron chi connectivity index (χ3n) is 5.73. The molecular formula is C22H22N4O4S.